The van der Waals surface area contributed by atoms with Crippen LogP contribution in [0.4, 0.5) is 0 Å². The molecule has 0 spiro atoms. The van der Waals surface area contributed by atoms with Gasteiger partial charge in [0.2, 0.25) is 0 Å². The van der Waals surface area contributed by atoms with Gasteiger partial charge in [0.15, 0.2) is 0 Å². The second kappa shape index (κ2) is 4.06. The highest BCUT2D eigenvalue weighted by atomic mass is 32.1. The maximum atomic E-state index is 4.49. The van der Waals surface area contributed by atoms with E-state index < -0.39 is 0 Å². The van der Waals surface area contributed by atoms with Crippen molar-refractivity contribution >= 4 is 11.3 Å². The van der Waals surface area contributed by atoms with Gasteiger partial charge < -0.3 is 4.57 Å². The van der Waals surface area contributed by atoms with Crippen LogP contribution in [0.3, 0.4) is 0 Å². The maximum absolute atomic E-state index is 4.49. The van der Waals surface area contributed by atoms with E-state index in [2.05, 4.69) is 39.5 Å². The molecule has 0 bridgehead atoms. The summed E-state index contributed by atoms with van der Waals surface area (Å²) in [4.78, 5) is 4.49. The van der Waals surface area contributed by atoms with Crippen LogP contribution in [-0.4, -0.2) is 9.55 Å². The number of nitrogens with zero attached hydrogens (tertiary/aromatic N) is 2. The summed E-state index contributed by atoms with van der Waals surface area (Å²) in [7, 11) is 0. The minimum absolute atomic E-state index is 0.521. The van der Waals surface area contributed by atoms with Crippen molar-refractivity contribution < 1.29 is 0 Å². The Morgan fingerprint density at radius 1 is 1.56 bits per heavy atom. The molecule has 3 rings (SSSR count). The number of rotatable bonds is 4. The van der Waals surface area contributed by atoms with Gasteiger partial charge in [0.25, 0.3) is 0 Å². The van der Waals surface area contributed by atoms with E-state index in [0.29, 0.717) is 6.04 Å². The summed E-state index contributed by atoms with van der Waals surface area (Å²) in [6.45, 7) is 2.28. The summed E-state index contributed by atoms with van der Waals surface area (Å²) in [5.41, 5.74) is 1.44. The lowest BCUT2D eigenvalue weighted by Gasteiger charge is -2.15. The number of hydrogen-bond acceptors (Lipinski definition) is 2. The second-order valence-corrected chi connectivity index (χ2v) is 5.43. The molecule has 0 N–H and O–H groups in total. The Morgan fingerprint density at radius 2 is 2.44 bits per heavy atom. The lowest BCUT2D eigenvalue weighted by atomic mass is 10.1. The van der Waals surface area contributed by atoms with Crippen LogP contribution >= 0.6 is 11.3 Å². The zero-order chi connectivity index (χ0) is 11.0. The molecule has 16 heavy (non-hydrogen) atoms. The predicted octanol–water partition coefficient (Wildman–Crippen LogP) is 3.63. The third-order valence-corrected chi connectivity index (χ3v) is 3.96. The molecule has 0 aliphatic heterocycles. The summed E-state index contributed by atoms with van der Waals surface area (Å²) >= 11 is 1.78. The highest BCUT2D eigenvalue weighted by Gasteiger charge is 2.28. The van der Waals surface area contributed by atoms with Gasteiger partial charge >= 0.3 is 0 Å². The van der Waals surface area contributed by atoms with Crippen LogP contribution in [-0.2, 0) is 6.42 Å². The molecular weight excluding hydrogens is 216 g/mol. The number of thiophene rings is 1. The highest BCUT2D eigenvalue weighted by molar-refractivity contribution is 7.07. The van der Waals surface area contributed by atoms with E-state index in [1.165, 1.54) is 24.2 Å². The molecular formula is C13H16N2S. The van der Waals surface area contributed by atoms with Crippen molar-refractivity contribution in [3.05, 3.63) is 40.6 Å². The van der Waals surface area contributed by atoms with Gasteiger partial charge in [0.1, 0.15) is 5.82 Å². The Balaban J connectivity index is 1.78. The number of aromatic nitrogens is 2. The molecule has 0 unspecified atom stereocenters. The van der Waals surface area contributed by atoms with Crippen molar-refractivity contribution in [3.63, 3.8) is 0 Å². The van der Waals surface area contributed by atoms with Crippen molar-refractivity contribution in [3.8, 4) is 0 Å². The Kier molecular flexibility index (Phi) is 2.56. The van der Waals surface area contributed by atoms with Crippen LogP contribution in [0.15, 0.2) is 29.2 Å². The maximum Gasteiger partial charge on any atom is 0.112 e. The van der Waals surface area contributed by atoms with Gasteiger partial charge in [-0.05, 0) is 48.6 Å². The third-order valence-electron chi connectivity index (χ3n) is 3.23. The molecule has 0 saturated heterocycles. The average Bonchev–Trinajstić information content (AvgIpc) is 2.82. The fourth-order valence-electron chi connectivity index (χ4n) is 2.20. The zero-order valence-corrected chi connectivity index (χ0v) is 10.3. The fourth-order valence-corrected chi connectivity index (χ4v) is 2.88. The molecule has 3 heteroatoms. The van der Waals surface area contributed by atoms with Crippen LogP contribution in [0.2, 0.25) is 0 Å². The first kappa shape index (κ1) is 10.1. The van der Waals surface area contributed by atoms with Gasteiger partial charge in [-0.1, -0.05) is 0 Å². The second-order valence-electron chi connectivity index (χ2n) is 4.65. The Hall–Kier alpha value is -1.09. The van der Waals surface area contributed by atoms with Crippen LogP contribution in [0.25, 0.3) is 0 Å². The summed E-state index contributed by atoms with van der Waals surface area (Å²) in [6.07, 6.45) is 7.83. The molecule has 1 aliphatic rings. The van der Waals surface area contributed by atoms with Gasteiger partial charge in [-0.25, -0.2) is 4.98 Å². The van der Waals surface area contributed by atoms with Gasteiger partial charge in [-0.2, -0.15) is 11.3 Å². The SMILES string of the molecule is C[C@H](Cc1ccsc1)n1ccnc1C1CC1. The molecule has 1 fully saturated rings. The first-order valence-corrected chi connectivity index (χ1v) is 6.82. The summed E-state index contributed by atoms with van der Waals surface area (Å²) in [5.74, 6) is 2.03. The molecule has 2 heterocycles. The largest absolute Gasteiger partial charge is 0.332 e. The van der Waals surface area contributed by atoms with Crippen molar-refractivity contribution in [2.45, 2.75) is 38.1 Å². The molecule has 2 aromatic heterocycles. The van der Waals surface area contributed by atoms with Gasteiger partial charge in [-0.3, -0.25) is 0 Å². The zero-order valence-electron chi connectivity index (χ0n) is 9.47. The molecule has 0 aromatic carbocycles. The summed E-state index contributed by atoms with van der Waals surface area (Å²) in [6, 6.07) is 2.74. The topological polar surface area (TPSA) is 17.8 Å². The van der Waals surface area contributed by atoms with Gasteiger partial charge in [0.05, 0.1) is 0 Å². The molecule has 1 aliphatic carbocycles. The van der Waals surface area contributed by atoms with E-state index in [-0.39, 0.29) is 0 Å². The minimum atomic E-state index is 0.521. The fraction of sp³-hybridized carbons (Fsp3) is 0.462. The van der Waals surface area contributed by atoms with E-state index >= 15 is 0 Å². The van der Waals surface area contributed by atoms with Crippen LogP contribution < -0.4 is 0 Å². The molecule has 1 saturated carbocycles. The van der Waals surface area contributed by atoms with Crippen molar-refractivity contribution in [2.75, 3.05) is 0 Å². The van der Waals surface area contributed by atoms with E-state index in [1.807, 2.05) is 6.20 Å². The molecule has 0 radical (unpaired) electrons. The molecule has 0 amide bonds. The lowest BCUT2D eigenvalue weighted by Crippen LogP contribution is -2.10. The van der Waals surface area contributed by atoms with Crippen LogP contribution in [0.5, 0.6) is 0 Å². The monoisotopic (exact) mass is 232 g/mol. The minimum Gasteiger partial charge on any atom is -0.332 e. The summed E-state index contributed by atoms with van der Waals surface area (Å²) in [5, 5.41) is 4.39. The first-order chi connectivity index (χ1) is 7.84. The predicted molar refractivity (Wildman–Crippen MR) is 66.9 cm³/mol. The molecule has 1 atom stereocenters. The van der Waals surface area contributed by atoms with E-state index in [0.717, 1.165) is 12.3 Å². The van der Waals surface area contributed by atoms with Crippen molar-refractivity contribution in [1.29, 1.82) is 0 Å². The third kappa shape index (κ3) is 1.92. The standard InChI is InChI=1S/C13H16N2S/c1-10(8-11-4-7-16-9-11)15-6-5-14-13(15)12-2-3-12/h4-7,9-10,12H,2-3,8H2,1H3/t10-/m1/s1. The van der Waals surface area contributed by atoms with Crippen LogP contribution in [0.1, 0.15) is 43.1 Å². The smallest absolute Gasteiger partial charge is 0.112 e. The quantitative estimate of drug-likeness (QED) is 0.787. The Labute approximate surface area is 100.0 Å². The normalized spacial score (nSPS) is 17.6. The first-order valence-electron chi connectivity index (χ1n) is 5.88. The molecule has 2 nitrogen and oxygen atoms in total. The van der Waals surface area contributed by atoms with Gasteiger partial charge in [0, 0.05) is 24.4 Å². The number of hydrogen-bond donors (Lipinski definition) is 0. The van der Waals surface area contributed by atoms with E-state index in [1.54, 1.807) is 11.3 Å². The summed E-state index contributed by atoms with van der Waals surface area (Å²) < 4.78 is 2.36. The number of imidazole rings is 1. The Morgan fingerprint density at radius 3 is 3.12 bits per heavy atom. The van der Waals surface area contributed by atoms with Crippen molar-refractivity contribution in [2.24, 2.45) is 0 Å². The van der Waals surface area contributed by atoms with E-state index in [4.69, 9.17) is 0 Å². The van der Waals surface area contributed by atoms with E-state index in [9.17, 15) is 0 Å². The molecule has 2 aromatic rings. The Bertz CT molecular complexity index is 454. The lowest BCUT2D eigenvalue weighted by molar-refractivity contribution is 0.522. The average molecular weight is 232 g/mol. The van der Waals surface area contributed by atoms with Crippen LogP contribution in [0, 0.1) is 0 Å². The molecule has 84 valence electrons. The van der Waals surface area contributed by atoms with Crippen molar-refractivity contribution in [1.82, 2.24) is 9.55 Å². The van der Waals surface area contributed by atoms with Gasteiger partial charge in [-0.15, -0.1) is 0 Å². The highest BCUT2D eigenvalue weighted by Crippen LogP contribution is 2.40.